The van der Waals surface area contributed by atoms with Crippen LogP contribution in [-0.2, 0) is 9.59 Å². The molecule has 0 radical (unpaired) electrons. The lowest BCUT2D eigenvalue weighted by Gasteiger charge is -2.27. The molecule has 2 unspecified atom stereocenters. The molecule has 12 heteroatoms. The highest BCUT2D eigenvalue weighted by Gasteiger charge is 2.48. The molecule has 6 N–H and O–H groups in total. The number of halogens is 2. The van der Waals surface area contributed by atoms with Gasteiger partial charge >= 0.3 is 0 Å². The Balaban J connectivity index is 1.80. The fraction of sp³-hybridized carbons (Fsp3) is 0.577. The van der Waals surface area contributed by atoms with Crippen LogP contribution in [0.1, 0.15) is 52.5 Å². The topological polar surface area (TPSA) is 158 Å². The molecule has 0 aromatic carbocycles. The van der Waals surface area contributed by atoms with Crippen molar-refractivity contribution < 1.29 is 23.5 Å². The first-order valence-electron chi connectivity index (χ1n) is 12.9. The Morgan fingerprint density at radius 3 is 2.39 bits per heavy atom. The number of carbonyl (C=O) groups excluding carboxylic acids is 2. The number of allylic oxidation sites excluding steroid dienone is 1. The minimum absolute atomic E-state index is 0.000594. The number of rotatable bonds is 14. The summed E-state index contributed by atoms with van der Waals surface area (Å²) in [4.78, 5) is 31.0. The zero-order chi connectivity index (χ0) is 28.0. The van der Waals surface area contributed by atoms with Gasteiger partial charge in [0.15, 0.2) is 0 Å². The molecule has 0 spiro atoms. The second-order valence-corrected chi connectivity index (χ2v) is 10.2. The number of nitrogens with one attached hydrogen (secondary N) is 3. The quantitative estimate of drug-likeness (QED) is 0.232. The van der Waals surface area contributed by atoms with E-state index in [2.05, 4.69) is 20.7 Å². The number of hydrogen-bond donors (Lipinski definition) is 5. The molecule has 3 rings (SSSR count). The number of hydrogen-bond acceptors (Lipinski definition) is 7. The van der Waals surface area contributed by atoms with Crippen LogP contribution in [0.2, 0.25) is 0 Å². The van der Waals surface area contributed by atoms with Crippen molar-refractivity contribution >= 4 is 28.9 Å². The third-order valence-corrected chi connectivity index (χ3v) is 6.73. The number of aliphatic hydroxyl groups is 1. The van der Waals surface area contributed by atoms with Crippen molar-refractivity contribution in [1.82, 2.24) is 15.1 Å². The lowest BCUT2D eigenvalue weighted by atomic mass is 9.88. The van der Waals surface area contributed by atoms with Gasteiger partial charge in [0.05, 0.1) is 30.2 Å². The molecule has 2 aliphatic rings. The number of alkyl halides is 2. The van der Waals surface area contributed by atoms with E-state index < -0.39 is 36.7 Å². The molecule has 2 amide bonds. The number of nitrogens with two attached hydrogens (primary N) is 1. The Hall–Kier alpha value is -3.41. The zero-order valence-corrected chi connectivity index (χ0v) is 21.9. The molecule has 0 aliphatic heterocycles. The van der Waals surface area contributed by atoms with Crippen molar-refractivity contribution in [2.75, 3.05) is 11.9 Å². The van der Waals surface area contributed by atoms with Crippen molar-refractivity contribution in [1.29, 1.82) is 5.41 Å². The molecule has 2 atom stereocenters. The molecule has 2 saturated carbocycles. The second kappa shape index (κ2) is 12.9. The van der Waals surface area contributed by atoms with E-state index in [-0.39, 0.29) is 29.2 Å². The van der Waals surface area contributed by atoms with Gasteiger partial charge < -0.3 is 21.5 Å². The molecule has 1 aromatic heterocycles. The van der Waals surface area contributed by atoms with Gasteiger partial charge in [-0.15, -0.1) is 0 Å². The van der Waals surface area contributed by atoms with E-state index in [1.54, 1.807) is 6.92 Å². The number of amides is 2. The van der Waals surface area contributed by atoms with Crippen molar-refractivity contribution in [3.8, 4) is 0 Å². The van der Waals surface area contributed by atoms with Crippen molar-refractivity contribution in [2.24, 2.45) is 28.5 Å². The summed E-state index contributed by atoms with van der Waals surface area (Å²) >= 11 is 0. The van der Waals surface area contributed by atoms with Crippen molar-refractivity contribution in [2.45, 2.75) is 71.0 Å². The lowest BCUT2D eigenvalue weighted by molar-refractivity contribution is -0.124. The number of nitrogens with zero attached hydrogens (tertiary/aromatic N) is 3. The molecule has 2 aliphatic carbocycles. The predicted molar refractivity (Wildman–Crippen MR) is 141 cm³/mol. The van der Waals surface area contributed by atoms with E-state index in [1.165, 1.54) is 29.4 Å². The molecule has 208 valence electrons. The summed E-state index contributed by atoms with van der Waals surface area (Å²) in [5.74, 6) is -0.138. The van der Waals surface area contributed by atoms with E-state index in [4.69, 9.17) is 11.1 Å². The van der Waals surface area contributed by atoms with Gasteiger partial charge in [-0.2, -0.15) is 5.10 Å². The first-order valence-corrected chi connectivity index (χ1v) is 12.9. The molecule has 0 bridgehead atoms. The van der Waals surface area contributed by atoms with Crippen LogP contribution in [0, 0.1) is 23.2 Å². The van der Waals surface area contributed by atoms with Gasteiger partial charge in [-0.3, -0.25) is 24.7 Å². The van der Waals surface area contributed by atoms with Crippen LogP contribution in [0.15, 0.2) is 41.3 Å². The lowest BCUT2D eigenvalue weighted by Crippen LogP contribution is -2.51. The van der Waals surface area contributed by atoms with E-state index in [9.17, 15) is 23.5 Å². The van der Waals surface area contributed by atoms with Crippen molar-refractivity contribution in [3.05, 3.63) is 36.3 Å². The standard InChI is InChI=1S/C26H37F2N7O3/c1-14(2)32-21(8-9-29)25(37)34-23(22(16-4-5-16)17-6-7-17)26(38)33-19-11-31-35(12-19)15(3)18(13-36)10-20(30)24(27)28/h8-12,14-17,22-24,30,36H,4-7,13,29H2,1-3H3,(H,33,38)(H,34,37)/b9-8-,18-10+,30-20?,32-21?. The number of carbonyl (C=O) groups is 2. The Labute approximate surface area is 221 Å². The van der Waals surface area contributed by atoms with Crippen molar-refractivity contribution in [3.63, 3.8) is 0 Å². The molecular formula is C26H37F2N7O3. The Kier molecular flexibility index (Phi) is 9.90. The Bertz CT molecular complexity index is 1090. The SMILES string of the molecule is CC(C)N=C(/C=C\N)C(=O)NC(C(=O)Nc1cnn(C(C)/C(=C/C(=N)C(F)F)CO)c1)C(C1CC1)C1CC1. The average molecular weight is 534 g/mol. The van der Waals surface area contributed by atoms with E-state index in [1.807, 2.05) is 13.8 Å². The molecule has 38 heavy (non-hydrogen) atoms. The van der Waals surface area contributed by atoms with Gasteiger partial charge in [0.1, 0.15) is 11.8 Å². The largest absolute Gasteiger partial charge is 0.405 e. The number of aliphatic imine (C=N–C) groups is 1. The summed E-state index contributed by atoms with van der Waals surface area (Å²) in [5.41, 5.74) is 5.28. The fourth-order valence-electron chi connectivity index (χ4n) is 4.56. The number of anilines is 1. The van der Waals surface area contributed by atoms with Crippen LogP contribution in [0.25, 0.3) is 0 Å². The maximum Gasteiger partial charge on any atom is 0.279 e. The molecule has 2 fully saturated rings. The third kappa shape index (κ3) is 7.80. The summed E-state index contributed by atoms with van der Waals surface area (Å²) in [6, 6.07) is -1.56. The fourth-order valence-corrected chi connectivity index (χ4v) is 4.56. The second-order valence-electron chi connectivity index (χ2n) is 10.2. The van der Waals surface area contributed by atoms with Crippen LogP contribution >= 0.6 is 0 Å². The Morgan fingerprint density at radius 2 is 1.89 bits per heavy atom. The molecule has 0 saturated heterocycles. The van der Waals surface area contributed by atoms with Crippen LogP contribution < -0.4 is 16.4 Å². The first-order chi connectivity index (χ1) is 18.0. The predicted octanol–water partition coefficient (Wildman–Crippen LogP) is 2.83. The van der Waals surface area contributed by atoms with Crippen LogP contribution in [-0.4, -0.2) is 63.2 Å². The average Bonchev–Trinajstić information content (AvgIpc) is 3.81. The molecular weight excluding hydrogens is 496 g/mol. The van der Waals surface area contributed by atoms with Gasteiger partial charge in [-0.05, 0) is 88.1 Å². The maximum absolute atomic E-state index is 13.5. The maximum atomic E-state index is 13.5. The molecule has 1 heterocycles. The van der Waals surface area contributed by atoms with Gasteiger partial charge in [0.25, 0.3) is 12.3 Å². The monoisotopic (exact) mass is 533 g/mol. The highest BCUT2D eigenvalue weighted by molar-refractivity contribution is 6.43. The molecule has 10 nitrogen and oxygen atoms in total. The van der Waals surface area contributed by atoms with E-state index in [0.717, 1.165) is 31.8 Å². The summed E-state index contributed by atoms with van der Waals surface area (Å²) in [5, 5.41) is 26.9. The Morgan fingerprint density at radius 1 is 1.26 bits per heavy atom. The minimum Gasteiger partial charge on any atom is -0.405 e. The van der Waals surface area contributed by atoms with Gasteiger partial charge in [-0.1, -0.05) is 0 Å². The van der Waals surface area contributed by atoms with Crippen LogP contribution in [0.4, 0.5) is 14.5 Å². The highest BCUT2D eigenvalue weighted by atomic mass is 19.3. The van der Waals surface area contributed by atoms with Gasteiger partial charge in [0.2, 0.25) is 5.91 Å². The molecule has 1 aromatic rings. The van der Waals surface area contributed by atoms with E-state index in [0.29, 0.717) is 17.5 Å². The van der Waals surface area contributed by atoms with Gasteiger partial charge in [0, 0.05) is 12.2 Å². The first kappa shape index (κ1) is 29.2. The minimum atomic E-state index is -2.96. The highest BCUT2D eigenvalue weighted by Crippen LogP contribution is 2.50. The van der Waals surface area contributed by atoms with Gasteiger partial charge in [-0.25, -0.2) is 8.78 Å². The smallest absolute Gasteiger partial charge is 0.279 e. The van der Waals surface area contributed by atoms with E-state index >= 15 is 0 Å². The third-order valence-electron chi connectivity index (χ3n) is 6.73. The van der Waals surface area contributed by atoms with Crippen LogP contribution in [0.3, 0.4) is 0 Å². The number of aliphatic hydroxyl groups excluding tert-OH is 1. The summed E-state index contributed by atoms with van der Waals surface area (Å²) < 4.78 is 27.0. The number of aromatic nitrogens is 2. The summed E-state index contributed by atoms with van der Waals surface area (Å²) in [7, 11) is 0. The summed E-state index contributed by atoms with van der Waals surface area (Å²) in [6.07, 6.45) is 7.60. The summed E-state index contributed by atoms with van der Waals surface area (Å²) in [6.45, 7) is 4.78. The normalized spacial score (nSPS) is 18.3. The van der Waals surface area contributed by atoms with Crippen LogP contribution in [0.5, 0.6) is 0 Å². The zero-order valence-electron chi connectivity index (χ0n) is 21.9.